The van der Waals surface area contributed by atoms with Crippen LogP contribution < -0.4 is 0 Å². The minimum Gasteiger partial charge on any atom is -0.391 e. The average molecular weight is 197 g/mol. The fourth-order valence-corrected chi connectivity index (χ4v) is 2.95. The largest absolute Gasteiger partial charge is 0.391 e. The molecule has 14 heavy (non-hydrogen) atoms. The van der Waals surface area contributed by atoms with Gasteiger partial charge in [0.25, 0.3) is 0 Å². The van der Waals surface area contributed by atoms with E-state index in [2.05, 4.69) is 4.90 Å². The maximum atomic E-state index is 9.86. The van der Waals surface area contributed by atoms with Gasteiger partial charge in [0, 0.05) is 6.04 Å². The highest BCUT2D eigenvalue weighted by atomic mass is 16.3. The standard InChI is InChI=1S/C12H23NO/c14-12-8-6-7-11(12)13-9-4-2-1-3-5-10-13/h11-12,14H,1-10H2/t11-,12-/m0/s1. The molecule has 1 heterocycles. The maximum absolute atomic E-state index is 9.86. The Hall–Kier alpha value is -0.0800. The van der Waals surface area contributed by atoms with Crippen molar-refractivity contribution in [1.29, 1.82) is 0 Å². The molecule has 2 aliphatic rings. The van der Waals surface area contributed by atoms with Gasteiger partial charge in [-0.1, -0.05) is 19.3 Å². The summed E-state index contributed by atoms with van der Waals surface area (Å²) in [5.74, 6) is 0. The summed E-state index contributed by atoms with van der Waals surface area (Å²) in [6, 6.07) is 0.494. The molecule has 2 nitrogen and oxygen atoms in total. The molecule has 0 aromatic rings. The lowest BCUT2D eigenvalue weighted by Gasteiger charge is -2.32. The Balaban J connectivity index is 1.86. The summed E-state index contributed by atoms with van der Waals surface area (Å²) in [6.45, 7) is 2.45. The van der Waals surface area contributed by atoms with Crippen LogP contribution >= 0.6 is 0 Å². The van der Waals surface area contributed by atoms with Crippen molar-refractivity contribution in [2.75, 3.05) is 13.1 Å². The predicted molar refractivity (Wildman–Crippen MR) is 58.3 cm³/mol. The van der Waals surface area contributed by atoms with Crippen LogP contribution in [0.2, 0.25) is 0 Å². The zero-order valence-electron chi connectivity index (χ0n) is 9.12. The second-order valence-electron chi connectivity index (χ2n) is 4.87. The Morgan fingerprint density at radius 1 is 0.786 bits per heavy atom. The molecule has 0 radical (unpaired) electrons. The molecule has 1 saturated carbocycles. The summed E-state index contributed by atoms with van der Waals surface area (Å²) in [7, 11) is 0. The van der Waals surface area contributed by atoms with Gasteiger partial charge in [0.2, 0.25) is 0 Å². The lowest BCUT2D eigenvalue weighted by Crippen LogP contribution is -2.42. The van der Waals surface area contributed by atoms with Crippen LogP contribution in [0.15, 0.2) is 0 Å². The first-order valence-electron chi connectivity index (χ1n) is 6.30. The summed E-state index contributed by atoms with van der Waals surface area (Å²) in [4.78, 5) is 2.55. The molecular weight excluding hydrogens is 174 g/mol. The van der Waals surface area contributed by atoms with Gasteiger partial charge in [-0.3, -0.25) is 4.90 Å². The average Bonchev–Trinajstić information content (AvgIpc) is 2.51. The van der Waals surface area contributed by atoms with E-state index >= 15 is 0 Å². The van der Waals surface area contributed by atoms with E-state index in [1.807, 2.05) is 0 Å². The Bertz CT molecular complexity index is 164. The van der Waals surface area contributed by atoms with Gasteiger partial charge in [-0.25, -0.2) is 0 Å². The number of hydrogen-bond acceptors (Lipinski definition) is 2. The molecule has 1 aliphatic heterocycles. The summed E-state index contributed by atoms with van der Waals surface area (Å²) < 4.78 is 0. The Morgan fingerprint density at radius 2 is 1.43 bits per heavy atom. The quantitative estimate of drug-likeness (QED) is 0.696. The van der Waals surface area contributed by atoms with Crippen LogP contribution in [-0.4, -0.2) is 35.2 Å². The number of likely N-dealkylation sites (tertiary alicyclic amines) is 1. The first kappa shape index (κ1) is 10.4. The lowest BCUT2D eigenvalue weighted by molar-refractivity contribution is 0.0656. The van der Waals surface area contributed by atoms with Crippen molar-refractivity contribution in [3.8, 4) is 0 Å². The van der Waals surface area contributed by atoms with Crippen LogP contribution in [0.1, 0.15) is 51.4 Å². The van der Waals surface area contributed by atoms with Gasteiger partial charge in [0.05, 0.1) is 6.10 Å². The number of aliphatic hydroxyl groups excluding tert-OH is 1. The van der Waals surface area contributed by atoms with Crippen molar-refractivity contribution in [3.05, 3.63) is 0 Å². The van der Waals surface area contributed by atoms with E-state index in [9.17, 15) is 5.11 Å². The summed E-state index contributed by atoms with van der Waals surface area (Å²) >= 11 is 0. The number of rotatable bonds is 1. The van der Waals surface area contributed by atoms with Crippen molar-refractivity contribution in [2.24, 2.45) is 0 Å². The smallest absolute Gasteiger partial charge is 0.0695 e. The molecule has 0 unspecified atom stereocenters. The maximum Gasteiger partial charge on any atom is 0.0695 e. The molecule has 1 saturated heterocycles. The first-order valence-corrected chi connectivity index (χ1v) is 6.30. The monoisotopic (exact) mass is 197 g/mol. The normalized spacial score (nSPS) is 36.6. The third-order valence-corrected chi connectivity index (χ3v) is 3.80. The Kier molecular flexibility index (Phi) is 3.82. The highest BCUT2D eigenvalue weighted by molar-refractivity contribution is 4.85. The van der Waals surface area contributed by atoms with E-state index in [1.165, 1.54) is 58.0 Å². The Labute approximate surface area is 87.3 Å². The molecule has 0 bridgehead atoms. The predicted octanol–water partition coefficient (Wildman–Crippen LogP) is 2.17. The molecular formula is C12H23NO. The van der Waals surface area contributed by atoms with Crippen molar-refractivity contribution in [1.82, 2.24) is 4.90 Å². The van der Waals surface area contributed by atoms with Gasteiger partial charge < -0.3 is 5.11 Å². The van der Waals surface area contributed by atoms with Gasteiger partial charge in [-0.05, 0) is 45.2 Å². The second-order valence-corrected chi connectivity index (χ2v) is 4.87. The van der Waals surface area contributed by atoms with Gasteiger partial charge in [0.15, 0.2) is 0 Å². The fraction of sp³-hybridized carbons (Fsp3) is 1.00. The molecule has 0 aromatic carbocycles. The van der Waals surface area contributed by atoms with E-state index < -0.39 is 0 Å². The van der Waals surface area contributed by atoms with Crippen LogP contribution in [0.3, 0.4) is 0 Å². The van der Waals surface area contributed by atoms with Crippen molar-refractivity contribution in [3.63, 3.8) is 0 Å². The molecule has 0 amide bonds. The first-order chi connectivity index (χ1) is 6.88. The fourth-order valence-electron chi connectivity index (χ4n) is 2.95. The van der Waals surface area contributed by atoms with Crippen molar-refractivity contribution in [2.45, 2.75) is 63.5 Å². The molecule has 1 N–H and O–H groups in total. The lowest BCUT2D eigenvalue weighted by atomic mass is 10.1. The van der Waals surface area contributed by atoms with E-state index in [0.717, 1.165) is 6.42 Å². The summed E-state index contributed by atoms with van der Waals surface area (Å²) in [5.41, 5.74) is 0. The second kappa shape index (κ2) is 5.13. The molecule has 0 aromatic heterocycles. The van der Waals surface area contributed by atoms with Crippen LogP contribution in [0.5, 0.6) is 0 Å². The molecule has 2 heteroatoms. The number of nitrogens with zero attached hydrogens (tertiary/aromatic N) is 1. The highest BCUT2D eigenvalue weighted by Crippen LogP contribution is 2.25. The zero-order valence-corrected chi connectivity index (χ0v) is 9.12. The SMILES string of the molecule is O[C@H]1CCC[C@@H]1N1CCCCCCC1. The third-order valence-electron chi connectivity index (χ3n) is 3.80. The molecule has 0 spiro atoms. The van der Waals surface area contributed by atoms with Crippen LogP contribution in [0.4, 0.5) is 0 Å². The van der Waals surface area contributed by atoms with Gasteiger partial charge in [-0.2, -0.15) is 0 Å². The van der Waals surface area contributed by atoms with E-state index in [4.69, 9.17) is 0 Å². The summed E-state index contributed by atoms with van der Waals surface area (Å²) in [5, 5.41) is 9.86. The minimum atomic E-state index is -0.0329. The van der Waals surface area contributed by atoms with Crippen molar-refractivity contribution >= 4 is 0 Å². The van der Waals surface area contributed by atoms with E-state index in [0.29, 0.717) is 6.04 Å². The Morgan fingerprint density at radius 3 is 2.00 bits per heavy atom. The van der Waals surface area contributed by atoms with E-state index in [1.54, 1.807) is 0 Å². The van der Waals surface area contributed by atoms with E-state index in [-0.39, 0.29) is 6.10 Å². The number of aliphatic hydroxyl groups is 1. The molecule has 1 aliphatic carbocycles. The van der Waals surface area contributed by atoms with Gasteiger partial charge >= 0.3 is 0 Å². The van der Waals surface area contributed by atoms with Crippen LogP contribution in [0, 0.1) is 0 Å². The zero-order chi connectivity index (χ0) is 9.80. The number of hydrogen-bond donors (Lipinski definition) is 1. The van der Waals surface area contributed by atoms with Crippen LogP contribution in [0.25, 0.3) is 0 Å². The molecule has 82 valence electrons. The summed E-state index contributed by atoms with van der Waals surface area (Å²) in [6.07, 6.45) is 10.3. The third kappa shape index (κ3) is 2.48. The molecule has 2 fully saturated rings. The molecule has 2 atom stereocenters. The topological polar surface area (TPSA) is 23.5 Å². The van der Waals surface area contributed by atoms with Gasteiger partial charge in [0.1, 0.15) is 0 Å². The molecule has 2 rings (SSSR count). The van der Waals surface area contributed by atoms with Crippen LogP contribution in [-0.2, 0) is 0 Å². The van der Waals surface area contributed by atoms with Gasteiger partial charge in [-0.15, -0.1) is 0 Å². The minimum absolute atomic E-state index is 0.0329. The van der Waals surface area contributed by atoms with Crippen molar-refractivity contribution < 1.29 is 5.11 Å². The highest BCUT2D eigenvalue weighted by Gasteiger charge is 2.30.